The lowest BCUT2D eigenvalue weighted by atomic mass is 10.1. The standard InChI is InChI=1S/C13H17I2NO3/c1-8(7-17)3-2-4-16-13(19)10-5-9(14)6-11(15)12(10)18/h5-6,8,17-18H,2-4,7H2,1H3,(H,16,19). The molecule has 1 amide bonds. The second-order valence-electron chi connectivity index (χ2n) is 4.47. The first kappa shape index (κ1) is 17.0. The lowest BCUT2D eigenvalue weighted by molar-refractivity contribution is 0.0949. The van der Waals surface area contributed by atoms with Crippen LogP contribution in [0.3, 0.4) is 0 Å². The van der Waals surface area contributed by atoms with Crippen molar-refractivity contribution in [1.82, 2.24) is 5.32 Å². The second-order valence-corrected chi connectivity index (χ2v) is 6.88. The Labute approximate surface area is 140 Å². The van der Waals surface area contributed by atoms with Crippen LogP contribution in [-0.4, -0.2) is 29.3 Å². The molecule has 1 aromatic carbocycles. The Bertz CT molecular complexity index is 452. The number of carbonyl (C=O) groups is 1. The number of aliphatic hydroxyl groups excluding tert-OH is 1. The topological polar surface area (TPSA) is 69.6 Å². The fourth-order valence-electron chi connectivity index (χ4n) is 1.58. The Morgan fingerprint density at radius 3 is 2.74 bits per heavy atom. The monoisotopic (exact) mass is 489 g/mol. The van der Waals surface area contributed by atoms with Crippen molar-refractivity contribution in [2.75, 3.05) is 13.2 Å². The van der Waals surface area contributed by atoms with Gasteiger partial charge >= 0.3 is 0 Å². The van der Waals surface area contributed by atoms with Gasteiger partial charge in [-0.15, -0.1) is 0 Å². The highest BCUT2D eigenvalue weighted by Gasteiger charge is 2.14. The van der Waals surface area contributed by atoms with E-state index in [9.17, 15) is 9.90 Å². The van der Waals surface area contributed by atoms with Crippen molar-refractivity contribution in [3.63, 3.8) is 0 Å². The van der Waals surface area contributed by atoms with Crippen molar-refractivity contribution in [3.05, 3.63) is 24.8 Å². The molecule has 0 heterocycles. The van der Waals surface area contributed by atoms with Gasteiger partial charge in [-0.2, -0.15) is 0 Å². The molecule has 0 fully saturated rings. The molecule has 0 radical (unpaired) electrons. The van der Waals surface area contributed by atoms with Gasteiger partial charge in [-0.3, -0.25) is 4.79 Å². The van der Waals surface area contributed by atoms with Gasteiger partial charge in [-0.1, -0.05) is 6.92 Å². The fourth-order valence-corrected chi connectivity index (χ4v) is 3.42. The molecule has 0 saturated heterocycles. The molecule has 1 rings (SSSR count). The minimum absolute atomic E-state index is 0.0299. The van der Waals surface area contributed by atoms with Crippen LogP contribution in [-0.2, 0) is 0 Å². The molecule has 0 saturated carbocycles. The number of phenols is 1. The molecule has 0 aliphatic heterocycles. The van der Waals surface area contributed by atoms with Crippen molar-refractivity contribution in [3.8, 4) is 5.75 Å². The third-order valence-electron chi connectivity index (χ3n) is 2.74. The van der Waals surface area contributed by atoms with Crippen LogP contribution in [0.15, 0.2) is 12.1 Å². The first-order valence-corrected chi connectivity index (χ1v) is 8.18. The van der Waals surface area contributed by atoms with Crippen LogP contribution in [0, 0.1) is 13.1 Å². The van der Waals surface area contributed by atoms with Crippen LogP contribution >= 0.6 is 45.2 Å². The third kappa shape index (κ3) is 5.42. The molecule has 0 spiro atoms. The van der Waals surface area contributed by atoms with Crippen LogP contribution in [0.4, 0.5) is 0 Å². The molecule has 1 aromatic rings. The van der Waals surface area contributed by atoms with E-state index < -0.39 is 0 Å². The summed E-state index contributed by atoms with van der Waals surface area (Å²) in [6, 6.07) is 3.49. The summed E-state index contributed by atoms with van der Waals surface area (Å²) in [5.74, 6) is 0.0248. The van der Waals surface area contributed by atoms with Gasteiger partial charge in [-0.05, 0) is 76.1 Å². The number of carbonyl (C=O) groups excluding carboxylic acids is 1. The Morgan fingerprint density at radius 2 is 2.11 bits per heavy atom. The van der Waals surface area contributed by atoms with E-state index >= 15 is 0 Å². The lowest BCUT2D eigenvalue weighted by Crippen LogP contribution is -2.25. The van der Waals surface area contributed by atoms with Crippen molar-refractivity contribution < 1.29 is 15.0 Å². The van der Waals surface area contributed by atoms with Crippen LogP contribution in [0.1, 0.15) is 30.1 Å². The molecule has 0 aliphatic rings. The van der Waals surface area contributed by atoms with Gasteiger partial charge in [0.25, 0.3) is 5.91 Å². The molecule has 0 bridgehead atoms. The van der Waals surface area contributed by atoms with Gasteiger partial charge in [0.15, 0.2) is 0 Å². The summed E-state index contributed by atoms with van der Waals surface area (Å²) in [5, 5.41) is 21.6. The minimum Gasteiger partial charge on any atom is -0.506 e. The molecule has 6 heteroatoms. The second kappa shape index (κ2) is 8.25. The summed E-state index contributed by atoms with van der Waals surface area (Å²) in [7, 11) is 0. The smallest absolute Gasteiger partial charge is 0.255 e. The van der Waals surface area contributed by atoms with E-state index in [4.69, 9.17) is 5.11 Å². The van der Waals surface area contributed by atoms with Gasteiger partial charge in [0.1, 0.15) is 5.75 Å². The minimum atomic E-state index is -0.259. The number of benzene rings is 1. The average Bonchev–Trinajstić information content (AvgIpc) is 2.38. The maximum Gasteiger partial charge on any atom is 0.255 e. The number of hydrogen-bond donors (Lipinski definition) is 3. The first-order valence-electron chi connectivity index (χ1n) is 6.02. The number of aliphatic hydroxyl groups is 1. The Hall–Kier alpha value is -0.0900. The van der Waals surface area contributed by atoms with E-state index in [-0.39, 0.29) is 24.2 Å². The normalized spacial score (nSPS) is 12.2. The number of phenolic OH excluding ortho intramolecular Hbond substituents is 1. The molecular weight excluding hydrogens is 472 g/mol. The highest BCUT2D eigenvalue weighted by Crippen LogP contribution is 2.26. The molecule has 1 unspecified atom stereocenters. The van der Waals surface area contributed by atoms with Crippen LogP contribution in [0.2, 0.25) is 0 Å². The van der Waals surface area contributed by atoms with E-state index in [2.05, 4.69) is 27.9 Å². The number of aromatic hydroxyl groups is 1. The number of rotatable bonds is 6. The fraction of sp³-hybridized carbons (Fsp3) is 0.462. The van der Waals surface area contributed by atoms with Gasteiger partial charge in [0.05, 0.1) is 9.13 Å². The highest BCUT2D eigenvalue weighted by molar-refractivity contribution is 14.1. The van der Waals surface area contributed by atoms with Crippen molar-refractivity contribution in [2.24, 2.45) is 5.92 Å². The van der Waals surface area contributed by atoms with Crippen molar-refractivity contribution >= 4 is 51.1 Å². The van der Waals surface area contributed by atoms with E-state index in [0.29, 0.717) is 15.7 Å². The average molecular weight is 489 g/mol. The number of amides is 1. The zero-order valence-corrected chi connectivity index (χ0v) is 14.9. The zero-order valence-electron chi connectivity index (χ0n) is 10.6. The summed E-state index contributed by atoms with van der Waals surface area (Å²) in [6.07, 6.45) is 1.68. The van der Waals surface area contributed by atoms with Crippen LogP contribution < -0.4 is 5.32 Å². The molecule has 106 valence electrons. The number of hydrogen-bond acceptors (Lipinski definition) is 3. The maximum atomic E-state index is 12.0. The molecule has 0 aromatic heterocycles. The zero-order chi connectivity index (χ0) is 14.4. The SMILES string of the molecule is CC(CO)CCCNC(=O)c1cc(I)cc(I)c1O. The Kier molecular flexibility index (Phi) is 7.37. The maximum absolute atomic E-state index is 12.0. The van der Waals surface area contributed by atoms with Gasteiger partial charge in [-0.25, -0.2) is 0 Å². The van der Waals surface area contributed by atoms with Crippen molar-refractivity contribution in [1.29, 1.82) is 0 Å². The van der Waals surface area contributed by atoms with Gasteiger partial charge < -0.3 is 15.5 Å². The largest absolute Gasteiger partial charge is 0.506 e. The molecule has 19 heavy (non-hydrogen) atoms. The first-order chi connectivity index (χ1) is 8.95. The summed E-state index contributed by atoms with van der Waals surface area (Å²) in [4.78, 5) is 12.0. The third-order valence-corrected chi connectivity index (χ3v) is 4.19. The molecule has 1 atom stereocenters. The predicted molar refractivity (Wildman–Crippen MR) is 91.4 cm³/mol. The summed E-state index contributed by atoms with van der Waals surface area (Å²) in [5.41, 5.74) is 0.312. The van der Waals surface area contributed by atoms with Crippen LogP contribution in [0.25, 0.3) is 0 Å². The molecular formula is C13H17I2NO3. The highest BCUT2D eigenvalue weighted by atomic mass is 127. The number of nitrogens with one attached hydrogen (secondary N) is 1. The van der Waals surface area contributed by atoms with E-state index in [0.717, 1.165) is 16.4 Å². The predicted octanol–water partition coefficient (Wildman–Crippen LogP) is 2.74. The van der Waals surface area contributed by atoms with Crippen molar-refractivity contribution in [2.45, 2.75) is 19.8 Å². The Balaban J connectivity index is 2.55. The molecule has 3 N–H and O–H groups in total. The van der Waals surface area contributed by atoms with E-state index in [1.165, 1.54) is 0 Å². The summed E-state index contributed by atoms with van der Waals surface area (Å²) in [6.45, 7) is 2.68. The lowest BCUT2D eigenvalue weighted by Gasteiger charge is -2.10. The van der Waals surface area contributed by atoms with Crippen LogP contribution in [0.5, 0.6) is 5.75 Å². The molecule has 0 aliphatic carbocycles. The summed E-state index contributed by atoms with van der Waals surface area (Å²) >= 11 is 4.12. The summed E-state index contributed by atoms with van der Waals surface area (Å²) < 4.78 is 1.59. The van der Waals surface area contributed by atoms with Gasteiger partial charge in [0.2, 0.25) is 0 Å². The quantitative estimate of drug-likeness (QED) is 0.426. The Morgan fingerprint density at radius 1 is 1.42 bits per heavy atom. The van der Waals surface area contributed by atoms with Gasteiger partial charge in [0, 0.05) is 16.7 Å². The molecule has 4 nitrogen and oxygen atoms in total. The van der Waals surface area contributed by atoms with E-state index in [1.54, 1.807) is 6.07 Å². The number of halogens is 2. The van der Waals surface area contributed by atoms with E-state index in [1.807, 2.05) is 35.6 Å².